The SMILES string of the molecule is O=C(O)CNC(=O)CCN1CCc2ccccc2C1. The summed E-state index contributed by atoms with van der Waals surface area (Å²) in [5.41, 5.74) is 2.70. The normalized spacial score (nSPS) is 14.7. The molecule has 1 aliphatic rings. The molecule has 0 saturated carbocycles. The van der Waals surface area contributed by atoms with E-state index in [0.29, 0.717) is 13.0 Å². The van der Waals surface area contributed by atoms with Gasteiger partial charge in [0.1, 0.15) is 6.54 Å². The van der Waals surface area contributed by atoms with E-state index in [1.807, 2.05) is 12.1 Å². The van der Waals surface area contributed by atoms with Crippen LogP contribution in [0.15, 0.2) is 24.3 Å². The van der Waals surface area contributed by atoms with Gasteiger partial charge in [-0.25, -0.2) is 0 Å². The molecule has 102 valence electrons. The number of hydrogen-bond acceptors (Lipinski definition) is 3. The molecule has 0 bridgehead atoms. The zero-order chi connectivity index (χ0) is 13.7. The number of fused-ring (bicyclic) bond motifs is 1. The van der Waals surface area contributed by atoms with Gasteiger partial charge in [0, 0.05) is 26.1 Å². The van der Waals surface area contributed by atoms with E-state index < -0.39 is 5.97 Å². The fraction of sp³-hybridized carbons (Fsp3) is 0.429. The summed E-state index contributed by atoms with van der Waals surface area (Å²) in [6.45, 7) is 2.17. The summed E-state index contributed by atoms with van der Waals surface area (Å²) in [6.07, 6.45) is 1.35. The third-order valence-electron chi connectivity index (χ3n) is 3.30. The van der Waals surface area contributed by atoms with Crippen molar-refractivity contribution in [1.29, 1.82) is 0 Å². The highest BCUT2D eigenvalue weighted by Gasteiger charge is 2.16. The zero-order valence-electron chi connectivity index (χ0n) is 10.8. The van der Waals surface area contributed by atoms with Crippen LogP contribution in [0.25, 0.3) is 0 Å². The van der Waals surface area contributed by atoms with Crippen LogP contribution in [0.5, 0.6) is 0 Å². The van der Waals surface area contributed by atoms with Crippen molar-refractivity contribution in [1.82, 2.24) is 10.2 Å². The number of rotatable bonds is 5. The van der Waals surface area contributed by atoms with Gasteiger partial charge in [0.2, 0.25) is 5.91 Å². The molecule has 1 aromatic carbocycles. The number of nitrogens with one attached hydrogen (secondary N) is 1. The second kappa shape index (κ2) is 6.33. The van der Waals surface area contributed by atoms with E-state index in [9.17, 15) is 9.59 Å². The predicted molar refractivity (Wildman–Crippen MR) is 70.7 cm³/mol. The fourth-order valence-electron chi connectivity index (χ4n) is 2.27. The summed E-state index contributed by atoms with van der Waals surface area (Å²) in [6, 6.07) is 8.34. The summed E-state index contributed by atoms with van der Waals surface area (Å²) in [7, 11) is 0. The Morgan fingerprint density at radius 2 is 2.00 bits per heavy atom. The van der Waals surface area contributed by atoms with Crippen molar-refractivity contribution in [2.24, 2.45) is 0 Å². The first-order chi connectivity index (χ1) is 9.15. The maximum atomic E-state index is 11.4. The molecule has 0 saturated heterocycles. The maximum Gasteiger partial charge on any atom is 0.322 e. The lowest BCUT2D eigenvalue weighted by Gasteiger charge is -2.28. The van der Waals surface area contributed by atoms with Crippen LogP contribution in [0, 0.1) is 0 Å². The first kappa shape index (κ1) is 13.5. The minimum Gasteiger partial charge on any atom is -0.480 e. The highest BCUT2D eigenvalue weighted by molar-refractivity contribution is 5.81. The standard InChI is InChI=1S/C14H18N2O3/c17-13(15-9-14(18)19)6-8-16-7-5-11-3-1-2-4-12(11)10-16/h1-4H,5-10H2,(H,15,17)(H,18,19). The van der Waals surface area contributed by atoms with Gasteiger partial charge in [-0.1, -0.05) is 24.3 Å². The van der Waals surface area contributed by atoms with Gasteiger partial charge in [-0.15, -0.1) is 0 Å². The zero-order valence-corrected chi connectivity index (χ0v) is 10.8. The Balaban J connectivity index is 1.76. The molecule has 1 aromatic rings. The summed E-state index contributed by atoms with van der Waals surface area (Å²) in [4.78, 5) is 24.0. The molecule has 19 heavy (non-hydrogen) atoms. The van der Waals surface area contributed by atoms with E-state index in [1.165, 1.54) is 11.1 Å². The minimum absolute atomic E-state index is 0.207. The summed E-state index contributed by atoms with van der Waals surface area (Å²) >= 11 is 0. The molecule has 1 heterocycles. The van der Waals surface area contributed by atoms with E-state index in [4.69, 9.17) is 5.11 Å². The first-order valence-corrected chi connectivity index (χ1v) is 6.43. The molecule has 0 spiro atoms. The van der Waals surface area contributed by atoms with Gasteiger partial charge in [0.25, 0.3) is 0 Å². The molecule has 1 aliphatic heterocycles. The van der Waals surface area contributed by atoms with Crippen LogP contribution in [-0.2, 0) is 22.6 Å². The Kier molecular flexibility index (Phi) is 4.52. The number of aliphatic carboxylic acids is 1. The van der Waals surface area contributed by atoms with Crippen molar-refractivity contribution in [2.75, 3.05) is 19.6 Å². The Morgan fingerprint density at radius 3 is 2.74 bits per heavy atom. The van der Waals surface area contributed by atoms with Crippen LogP contribution in [0.3, 0.4) is 0 Å². The quantitative estimate of drug-likeness (QED) is 0.817. The third-order valence-corrected chi connectivity index (χ3v) is 3.30. The Morgan fingerprint density at radius 1 is 1.26 bits per heavy atom. The molecule has 0 fully saturated rings. The number of carbonyl (C=O) groups excluding carboxylic acids is 1. The van der Waals surface area contributed by atoms with Crippen LogP contribution in [0.4, 0.5) is 0 Å². The van der Waals surface area contributed by atoms with Gasteiger partial charge in [-0.2, -0.15) is 0 Å². The highest BCUT2D eigenvalue weighted by atomic mass is 16.4. The molecule has 2 N–H and O–H groups in total. The van der Waals surface area contributed by atoms with Crippen LogP contribution < -0.4 is 5.32 Å². The number of carbonyl (C=O) groups is 2. The molecule has 0 atom stereocenters. The second-order valence-corrected chi connectivity index (χ2v) is 4.72. The van der Waals surface area contributed by atoms with Gasteiger partial charge in [-0.3, -0.25) is 14.5 Å². The molecule has 1 amide bonds. The Bertz CT molecular complexity index is 474. The maximum absolute atomic E-state index is 11.4. The molecular weight excluding hydrogens is 244 g/mol. The molecule has 0 unspecified atom stereocenters. The Hall–Kier alpha value is -1.88. The lowest BCUT2D eigenvalue weighted by Crippen LogP contribution is -2.35. The molecule has 2 rings (SSSR count). The van der Waals surface area contributed by atoms with Crippen molar-refractivity contribution in [3.63, 3.8) is 0 Å². The largest absolute Gasteiger partial charge is 0.480 e. The molecule has 5 heteroatoms. The second-order valence-electron chi connectivity index (χ2n) is 4.72. The average molecular weight is 262 g/mol. The molecule has 0 aromatic heterocycles. The number of nitrogens with zero attached hydrogens (tertiary/aromatic N) is 1. The van der Waals surface area contributed by atoms with E-state index in [-0.39, 0.29) is 12.5 Å². The molecule has 5 nitrogen and oxygen atoms in total. The van der Waals surface area contributed by atoms with Gasteiger partial charge in [0.05, 0.1) is 0 Å². The Labute approximate surface area is 112 Å². The van der Waals surface area contributed by atoms with Gasteiger partial charge < -0.3 is 10.4 Å². The predicted octanol–water partition coefficient (Wildman–Crippen LogP) is 0.636. The summed E-state index contributed by atoms with van der Waals surface area (Å²) in [5.74, 6) is -1.22. The van der Waals surface area contributed by atoms with Crippen molar-refractivity contribution in [3.05, 3.63) is 35.4 Å². The third kappa shape index (κ3) is 4.06. The van der Waals surface area contributed by atoms with E-state index in [1.54, 1.807) is 0 Å². The number of carboxylic acid groups (broad SMARTS) is 1. The van der Waals surface area contributed by atoms with Crippen molar-refractivity contribution >= 4 is 11.9 Å². The van der Waals surface area contributed by atoms with Crippen LogP contribution in [0.2, 0.25) is 0 Å². The minimum atomic E-state index is -1.01. The number of amides is 1. The number of benzene rings is 1. The average Bonchev–Trinajstić information content (AvgIpc) is 2.42. The van der Waals surface area contributed by atoms with Gasteiger partial charge >= 0.3 is 5.97 Å². The van der Waals surface area contributed by atoms with Crippen molar-refractivity contribution in [2.45, 2.75) is 19.4 Å². The fourth-order valence-corrected chi connectivity index (χ4v) is 2.27. The molecule has 0 radical (unpaired) electrons. The summed E-state index contributed by atoms with van der Waals surface area (Å²) in [5, 5.41) is 10.8. The van der Waals surface area contributed by atoms with Crippen LogP contribution in [-0.4, -0.2) is 41.5 Å². The first-order valence-electron chi connectivity index (χ1n) is 6.43. The topological polar surface area (TPSA) is 69.6 Å². The van der Waals surface area contributed by atoms with Gasteiger partial charge in [-0.05, 0) is 17.5 Å². The van der Waals surface area contributed by atoms with Crippen LogP contribution >= 0.6 is 0 Å². The van der Waals surface area contributed by atoms with E-state index in [2.05, 4.69) is 22.3 Å². The number of hydrogen-bond donors (Lipinski definition) is 2. The number of carboxylic acids is 1. The monoisotopic (exact) mass is 262 g/mol. The van der Waals surface area contributed by atoms with Crippen molar-refractivity contribution < 1.29 is 14.7 Å². The van der Waals surface area contributed by atoms with E-state index >= 15 is 0 Å². The highest BCUT2D eigenvalue weighted by Crippen LogP contribution is 2.18. The molecular formula is C14H18N2O3. The lowest BCUT2D eigenvalue weighted by atomic mass is 10.00. The van der Waals surface area contributed by atoms with Gasteiger partial charge in [0.15, 0.2) is 0 Å². The summed E-state index contributed by atoms with van der Waals surface area (Å²) < 4.78 is 0. The van der Waals surface area contributed by atoms with E-state index in [0.717, 1.165) is 19.5 Å². The molecule has 0 aliphatic carbocycles. The van der Waals surface area contributed by atoms with Crippen molar-refractivity contribution in [3.8, 4) is 0 Å². The van der Waals surface area contributed by atoms with Crippen LogP contribution in [0.1, 0.15) is 17.5 Å². The smallest absolute Gasteiger partial charge is 0.322 e. The lowest BCUT2D eigenvalue weighted by molar-refractivity contribution is -0.138.